The van der Waals surface area contributed by atoms with Gasteiger partial charge in [-0.15, -0.1) is 0 Å². The van der Waals surface area contributed by atoms with Gasteiger partial charge >= 0.3 is 6.03 Å². The van der Waals surface area contributed by atoms with Crippen molar-refractivity contribution in [2.45, 2.75) is 0 Å². The third-order valence-corrected chi connectivity index (χ3v) is 0.790. The summed E-state index contributed by atoms with van der Waals surface area (Å²) in [4.78, 5) is 10.3. The molecule has 0 bridgehead atoms. The number of hydrogen-bond donors (Lipinski definition) is 3. The summed E-state index contributed by atoms with van der Waals surface area (Å²) in [5.74, 6) is 0.568. The summed E-state index contributed by atoms with van der Waals surface area (Å²) in [6.07, 6.45) is 1.49. The Bertz CT molecular complexity index is 135. The monoisotopic (exact) mass is 168 g/mol. The smallest absolute Gasteiger partial charge is 0.327 e. The maximum Gasteiger partial charge on any atom is 0.327 e. The van der Waals surface area contributed by atoms with E-state index in [1.165, 1.54) is 6.19 Å². The molecular formula is C4H7N3NaOS. The standard InChI is InChI=1S/C4H7N3OS.Na/c5-3-7-4(8)6-1-2-9;/h9H,1-2H2,(H2,6,7,8);. The Kier molecular flexibility index (Phi) is 11.6. The molecule has 10 heavy (non-hydrogen) atoms. The number of nitriles is 1. The van der Waals surface area contributed by atoms with Gasteiger partial charge in [-0.3, -0.25) is 0 Å². The Morgan fingerprint density at radius 2 is 2.30 bits per heavy atom. The number of urea groups is 1. The molecule has 0 spiro atoms. The van der Waals surface area contributed by atoms with Crippen molar-refractivity contribution in [2.24, 2.45) is 0 Å². The Hall–Kier alpha value is 0.110. The van der Waals surface area contributed by atoms with Crippen molar-refractivity contribution in [3.8, 4) is 6.19 Å². The van der Waals surface area contributed by atoms with Gasteiger partial charge in [-0.25, -0.2) is 10.1 Å². The number of amides is 2. The van der Waals surface area contributed by atoms with Crippen LogP contribution in [0.1, 0.15) is 0 Å². The molecule has 0 saturated heterocycles. The van der Waals surface area contributed by atoms with E-state index in [0.717, 1.165) is 0 Å². The topological polar surface area (TPSA) is 64.9 Å². The molecule has 0 unspecified atom stereocenters. The van der Waals surface area contributed by atoms with E-state index in [0.29, 0.717) is 12.3 Å². The quantitative estimate of drug-likeness (QED) is 0.221. The number of hydrogen-bond acceptors (Lipinski definition) is 3. The summed E-state index contributed by atoms with van der Waals surface area (Å²) < 4.78 is 0. The molecule has 0 aromatic carbocycles. The minimum Gasteiger partial charge on any atom is -0.336 e. The molecular weight excluding hydrogens is 161 g/mol. The molecule has 2 amide bonds. The van der Waals surface area contributed by atoms with Crippen LogP contribution in [0.5, 0.6) is 0 Å². The average molecular weight is 168 g/mol. The first-order chi connectivity index (χ1) is 4.31. The Labute approximate surface area is 87.1 Å². The van der Waals surface area contributed by atoms with Crippen LogP contribution in [0.2, 0.25) is 0 Å². The average Bonchev–Trinajstić information content (AvgIpc) is 1.85. The first kappa shape index (κ1) is 12.8. The molecule has 6 heteroatoms. The molecule has 0 atom stereocenters. The molecule has 4 nitrogen and oxygen atoms in total. The third-order valence-electron chi connectivity index (χ3n) is 0.567. The molecule has 0 aromatic rings. The van der Waals surface area contributed by atoms with Crippen molar-refractivity contribution in [3.63, 3.8) is 0 Å². The van der Waals surface area contributed by atoms with Crippen LogP contribution in [0, 0.1) is 11.5 Å². The van der Waals surface area contributed by atoms with Gasteiger partial charge in [0.15, 0.2) is 6.19 Å². The van der Waals surface area contributed by atoms with Gasteiger partial charge < -0.3 is 5.32 Å². The first-order valence-electron chi connectivity index (χ1n) is 2.35. The summed E-state index contributed by atoms with van der Waals surface area (Å²) >= 11 is 3.84. The number of nitrogens with one attached hydrogen (secondary N) is 2. The number of carbonyl (C=O) groups excluding carboxylic acids is 1. The van der Waals surface area contributed by atoms with Gasteiger partial charge in [-0.05, 0) is 0 Å². The van der Waals surface area contributed by atoms with Crippen molar-refractivity contribution in [1.29, 1.82) is 5.26 Å². The maximum atomic E-state index is 10.3. The van der Waals surface area contributed by atoms with E-state index in [1.54, 1.807) is 0 Å². The molecule has 1 radical (unpaired) electrons. The van der Waals surface area contributed by atoms with Gasteiger partial charge in [0.05, 0.1) is 0 Å². The van der Waals surface area contributed by atoms with Gasteiger partial charge in [0.25, 0.3) is 0 Å². The Morgan fingerprint density at radius 3 is 2.70 bits per heavy atom. The van der Waals surface area contributed by atoms with Crippen molar-refractivity contribution in [2.75, 3.05) is 12.3 Å². The van der Waals surface area contributed by atoms with Gasteiger partial charge in [-0.1, -0.05) is 0 Å². The molecule has 0 aliphatic carbocycles. The fourth-order valence-corrected chi connectivity index (χ4v) is 0.376. The fraction of sp³-hybridized carbons (Fsp3) is 0.500. The second-order valence-electron chi connectivity index (χ2n) is 1.22. The SMILES string of the molecule is N#CNC(=O)NCCS.[Na]. The maximum absolute atomic E-state index is 10.3. The van der Waals surface area contributed by atoms with Gasteiger partial charge in [-0.2, -0.15) is 17.9 Å². The largest absolute Gasteiger partial charge is 0.336 e. The van der Waals surface area contributed by atoms with Crippen LogP contribution in [-0.4, -0.2) is 47.9 Å². The molecule has 2 N–H and O–H groups in total. The van der Waals surface area contributed by atoms with E-state index in [4.69, 9.17) is 5.26 Å². The van der Waals surface area contributed by atoms with Crippen LogP contribution in [0.4, 0.5) is 4.79 Å². The van der Waals surface area contributed by atoms with Crippen molar-refractivity contribution < 1.29 is 4.79 Å². The summed E-state index contributed by atoms with van der Waals surface area (Å²) in [5.41, 5.74) is 0. The number of rotatable bonds is 2. The van der Waals surface area contributed by atoms with Crippen molar-refractivity contribution in [1.82, 2.24) is 10.6 Å². The first-order valence-corrected chi connectivity index (χ1v) is 2.98. The third kappa shape index (κ3) is 8.11. The number of nitrogens with zero attached hydrogens (tertiary/aromatic N) is 1. The summed E-state index contributed by atoms with van der Waals surface area (Å²) in [6.45, 7) is 0.469. The van der Waals surface area contributed by atoms with Gasteiger partial charge in [0.2, 0.25) is 0 Å². The normalized spacial score (nSPS) is 6.80. The fourth-order valence-electron chi connectivity index (χ4n) is 0.264. The summed E-state index contributed by atoms with van der Waals surface area (Å²) in [6, 6.07) is -0.480. The molecule has 51 valence electrons. The van der Waals surface area contributed by atoms with Crippen LogP contribution < -0.4 is 10.6 Å². The zero-order valence-corrected chi connectivity index (χ0v) is 8.61. The molecule has 0 aromatic heterocycles. The van der Waals surface area contributed by atoms with E-state index < -0.39 is 6.03 Å². The van der Waals surface area contributed by atoms with E-state index in [9.17, 15) is 4.79 Å². The zero-order chi connectivity index (χ0) is 7.11. The Morgan fingerprint density at radius 1 is 1.70 bits per heavy atom. The predicted molar refractivity (Wildman–Crippen MR) is 41.8 cm³/mol. The van der Waals surface area contributed by atoms with Crippen LogP contribution in [0.15, 0.2) is 0 Å². The summed E-state index contributed by atoms with van der Waals surface area (Å²) in [7, 11) is 0. The minimum atomic E-state index is -0.480. The second kappa shape index (κ2) is 9.11. The predicted octanol–water partition coefficient (Wildman–Crippen LogP) is -0.684. The van der Waals surface area contributed by atoms with E-state index in [1.807, 2.05) is 5.32 Å². The molecule has 0 heterocycles. The van der Waals surface area contributed by atoms with E-state index in [-0.39, 0.29) is 29.6 Å². The van der Waals surface area contributed by atoms with E-state index in [2.05, 4.69) is 17.9 Å². The minimum absolute atomic E-state index is 0. The van der Waals surface area contributed by atoms with Crippen LogP contribution >= 0.6 is 12.6 Å². The van der Waals surface area contributed by atoms with Crippen LogP contribution in [-0.2, 0) is 0 Å². The van der Waals surface area contributed by atoms with Crippen LogP contribution in [0.25, 0.3) is 0 Å². The number of thiol groups is 1. The van der Waals surface area contributed by atoms with Crippen molar-refractivity contribution in [3.05, 3.63) is 0 Å². The molecule has 0 aliphatic heterocycles. The van der Waals surface area contributed by atoms with Crippen molar-refractivity contribution >= 4 is 48.2 Å². The van der Waals surface area contributed by atoms with Crippen LogP contribution in [0.3, 0.4) is 0 Å². The summed E-state index contributed by atoms with van der Waals surface area (Å²) in [5, 5.41) is 12.2. The second-order valence-corrected chi connectivity index (χ2v) is 1.66. The molecule has 0 rings (SSSR count). The van der Waals surface area contributed by atoms with E-state index >= 15 is 0 Å². The number of carbonyl (C=O) groups is 1. The van der Waals surface area contributed by atoms with Gasteiger partial charge in [0, 0.05) is 41.9 Å². The zero-order valence-electron chi connectivity index (χ0n) is 5.72. The molecule has 0 saturated carbocycles. The van der Waals surface area contributed by atoms with Gasteiger partial charge in [0.1, 0.15) is 0 Å². The molecule has 0 fully saturated rings. The molecule has 0 aliphatic rings. The Balaban J connectivity index is 0.